The van der Waals surface area contributed by atoms with Crippen molar-refractivity contribution in [2.45, 2.75) is 51.9 Å². The summed E-state index contributed by atoms with van der Waals surface area (Å²) in [5.41, 5.74) is 5.32. The van der Waals surface area contributed by atoms with Crippen LogP contribution >= 0.6 is 0 Å². The van der Waals surface area contributed by atoms with Crippen LogP contribution in [-0.2, 0) is 14.4 Å². The third-order valence-electron chi connectivity index (χ3n) is 6.13. The van der Waals surface area contributed by atoms with E-state index in [0.717, 1.165) is 45.2 Å². The third-order valence-corrected chi connectivity index (χ3v) is 6.13. The van der Waals surface area contributed by atoms with Gasteiger partial charge in [-0.2, -0.15) is 0 Å². The molecule has 1 spiro atoms. The summed E-state index contributed by atoms with van der Waals surface area (Å²) in [4.78, 5) is 39.4. The summed E-state index contributed by atoms with van der Waals surface area (Å²) >= 11 is 0. The molecule has 134 valence electrons. The lowest BCUT2D eigenvalue weighted by Gasteiger charge is -2.47. The molecule has 3 fully saturated rings. The van der Waals surface area contributed by atoms with E-state index in [2.05, 4.69) is 6.92 Å². The van der Waals surface area contributed by atoms with Gasteiger partial charge in [-0.25, -0.2) is 0 Å². The minimum absolute atomic E-state index is 0.0179. The molecular formula is C18H29N3O3. The van der Waals surface area contributed by atoms with E-state index in [1.54, 1.807) is 4.90 Å². The van der Waals surface area contributed by atoms with Crippen LogP contribution in [0.1, 0.15) is 51.9 Å². The number of nitrogens with zero attached hydrogens (tertiary/aromatic N) is 2. The number of primary amides is 1. The Labute approximate surface area is 143 Å². The molecule has 3 rings (SSSR count). The van der Waals surface area contributed by atoms with E-state index in [9.17, 15) is 14.4 Å². The number of piperidine rings is 2. The first kappa shape index (κ1) is 17.2. The van der Waals surface area contributed by atoms with E-state index in [4.69, 9.17) is 5.73 Å². The molecule has 6 nitrogen and oxygen atoms in total. The molecular weight excluding hydrogens is 306 g/mol. The van der Waals surface area contributed by atoms with Crippen LogP contribution in [0.3, 0.4) is 0 Å². The first-order chi connectivity index (χ1) is 11.4. The van der Waals surface area contributed by atoms with E-state index in [1.807, 2.05) is 4.90 Å². The smallest absolute Gasteiger partial charge is 0.237 e. The Balaban J connectivity index is 1.53. The lowest BCUT2D eigenvalue weighted by molar-refractivity contribution is -0.145. The summed E-state index contributed by atoms with van der Waals surface area (Å²) in [6, 6.07) is 0. The molecule has 0 unspecified atom stereocenters. The molecule has 2 heterocycles. The number of nitrogens with two attached hydrogens (primary N) is 1. The Morgan fingerprint density at radius 2 is 1.96 bits per heavy atom. The maximum absolute atomic E-state index is 12.6. The first-order valence-electron chi connectivity index (χ1n) is 9.29. The highest BCUT2D eigenvalue weighted by Gasteiger charge is 2.47. The second kappa shape index (κ2) is 6.73. The van der Waals surface area contributed by atoms with E-state index in [1.165, 1.54) is 6.42 Å². The van der Waals surface area contributed by atoms with Crippen molar-refractivity contribution in [3.8, 4) is 0 Å². The first-order valence-corrected chi connectivity index (χ1v) is 9.29. The van der Waals surface area contributed by atoms with Crippen molar-refractivity contribution in [2.75, 3.05) is 26.2 Å². The Morgan fingerprint density at radius 1 is 1.25 bits per heavy atom. The molecule has 3 aliphatic rings. The zero-order chi connectivity index (χ0) is 17.3. The van der Waals surface area contributed by atoms with Gasteiger partial charge in [-0.15, -0.1) is 0 Å². The number of hydrogen-bond acceptors (Lipinski definition) is 3. The summed E-state index contributed by atoms with van der Waals surface area (Å²) in [5.74, 6) is 0.779. The number of carbonyl (C=O) groups excluding carboxylic acids is 3. The molecule has 2 aliphatic heterocycles. The maximum atomic E-state index is 12.6. The van der Waals surface area contributed by atoms with Gasteiger partial charge in [0.25, 0.3) is 0 Å². The van der Waals surface area contributed by atoms with Crippen LogP contribution in [0.4, 0.5) is 0 Å². The molecule has 0 radical (unpaired) electrons. The molecule has 24 heavy (non-hydrogen) atoms. The highest BCUT2D eigenvalue weighted by Crippen LogP contribution is 2.45. The minimum Gasteiger partial charge on any atom is -0.368 e. The van der Waals surface area contributed by atoms with Crippen LogP contribution in [0.5, 0.6) is 0 Å². The lowest BCUT2D eigenvalue weighted by atomic mass is 9.72. The standard InChI is InChI=1S/C18H29N3O3/c1-2-3-13-10-14(13)17(24)20-8-6-18(7-9-20)5-4-16(23)21(12-18)11-15(19)22/h13-14H,2-12H2,1H3,(H2,19,22)/t13-,14+/m1/s1. The van der Waals surface area contributed by atoms with Crippen LogP contribution < -0.4 is 5.73 Å². The Morgan fingerprint density at radius 3 is 2.58 bits per heavy atom. The number of carbonyl (C=O) groups is 3. The van der Waals surface area contributed by atoms with Crippen molar-refractivity contribution >= 4 is 17.7 Å². The van der Waals surface area contributed by atoms with Crippen LogP contribution in [0, 0.1) is 17.3 Å². The highest BCUT2D eigenvalue weighted by molar-refractivity contribution is 5.84. The molecule has 0 aromatic heterocycles. The highest BCUT2D eigenvalue weighted by atomic mass is 16.2. The number of hydrogen-bond donors (Lipinski definition) is 1. The summed E-state index contributed by atoms with van der Waals surface area (Å²) in [7, 11) is 0. The van der Waals surface area contributed by atoms with Gasteiger partial charge in [0.15, 0.2) is 0 Å². The van der Waals surface area contributed by atoms with Gasteiger partial charge in [-0.3, -0.25) is 14.4 Å². The average Bonchev–Trinajstić information content (AvgIpc) is 3.31. The van der Waals surface area contributed by atoms with Crippen molar-refractivity contribution in [3.63, 3.8) is 0 Å². The molecule has 2 saturated heterocycles. The molecule has 0 aromatic carbocycles. The van der Waals surface area contributed by atoms with Crippen LogP contribution in [0.2, 0.25) is 0 Å². The topological polar surface area (TPSA) is 83.7 Å². The molecule has 6 heteroatoms. The molecule has 0 aromatic rings. The van der Waals surface area contributed by atoms with Crippen molar-refractivity contribution in [1.82, 2.24) is 9.80 Å². The zero-order valence-electron chi connectivity index (χ0n) is 14.6. The van der Waals surface area contributed by atoms with Gasteiger partial charge in [-0.1, -0.05) is 13.3 Å². The van der Waals surface area contributed by atoms with Gasteiger partial charge in [0.2, 0.25) is 17.7 Å². The van der Waals surface area contributed by atoms with Crippen molar-refractivity contribution < 1.29 is 14.4 Å². The largest absolute Gasteiger partial charge is 0.368 e. The average molecular weight is 335 g/mol. The normalized spacial score (nSPS) is 29.0. The summed E-state index contributed by atoms with van der Waals surface area (Å²) in [6.45, 7) is 4.37. The predicted molar refractivity (Wildman–Crippen MR) is 89.8 cm³/mol. The lowest BCUT2D eigenvalue weighted by Crippen LogP contribution is -2.54. The molecule has 3 amide bonds. The predicted octanol–water partition coefficient (Wildman–Crippen LogP) is 1.14. The summed E-state index contributed by atoms with van der Waals surface area (Å²) in [6.07, 6.45) is 6.58. The Kier molecular flexibility index (Phi) is 4.83. The quantitative estimate of drug-likeness (QED) is 0.818. The summed E-state index contributed by atoms with van der Waals surface area (Å²) < 4.78 is 0. The number of rotatable bonds is 5. The second-order valence-electron chi connectivity index (χ2n) is 7.93. The van der Waals surface area contributed by atoms with Crippen LogP contribution in [0.25, 0.3) is 0 Å². The third kappa shape index (κ3) is 3.57. The molecule has 2 N–H and O–H groups in total. The van der Waals surface area contributed by atoms with E-state index in [-0.39, 0.29) is 23.8 Å². The van der Waals surface area contributed by atoms with Gasteiger partial charge in [0.05, 0.1) is 6.54 Å². The summed E-state index contributed by atoms with van der Waals surface area (Å²) in [5, 5.41) is 0. The van der Waals surface area contributed by atoms with E-state index in [0.29, 0.717) is 24.8 Å². The molecule has 0 bridgehead atoms. The van der Waals surface area contributed by atoms with Gasteiger partial charge in [-0.05, 0) is 43.4 Å². The van der Waals surface area contributed by atoms with Gasteiger partial charge >= 0.3 is 0 Å². The van der Waals surface area contributed by atoms with Crippen molar-refractivity contribution in [2.24, 2.45) is 23.0 Å². The SMILES string of the molecule is CCC[C@@H]1C[C@@H]1C(=O)N1CCC2(CCC(=O)N(CC(N)=O)C2)CC1. The van der Waals surface area contributed by atoms with E-state index >= 15 is 0 Å². The zero-order valence-corrected chi connectivity index (χ0v) is 14.6. The molecule has 2 atom stereocenters. The van der Waals surface area contributed by atoms with Crippen LogP contribution in [0.15, 0.2) is 0 Å². The number of likely N-dealkylation sites (tertiary alicyclic amines) is 2. The van der Waals surface area contributed by atoms with E-state index < -0.39 is 5.91 Å². The fourth-order valence-electron chi connectivity index (χ4n) is 4.52. The Bertz CT molecular complexity index is 526. The Hall–Kier alpha value is -1.59. The maximum Gasteiger partial charge on any atom is 0.237 e. The monoisotopic (exact) mass is 335 g/mol. The minimum atomic E-state index is -0.455. The molecule has 1 aliphatic carbocycles. The van der Waals surface area contributed by atoms with Gasteiger partial charge in [0.1, 0.15) is 0 Å². The fraction of sp³-hybridized carbons (Fsp3) is 0.833. The van der Waals surface area contributed by atoms with Crippen molar-refractivity contribution in [3.05, 3.63) is 0 Å². The van der Waals surface area contributed by atoms with Crippen LogP contribution in [-0.4, -0.2) is 53.7 Å². The second-order valence-corrected chi connectivity index (χ2v) is 7.93. The van der Waals surface area contributed by atoms with Crippen molar-refractivity contribution in [1.29, 1.82) is 0 Å². The fourth-order valence-corrected chi connectivity index (χ4v) is 4.52. The molecule has 1 saturated carbocycles. The number of amides is 3. The van der Waals surface area contributed by atoms with Gasteiger partial charge < -0.3 is 15.5 Å². The van der Waals surface area contributed by atoms with Gasteiger partial charge in [0, 0.05) is 32.0 Å².